The zero-order chi connectivity index (χ0) is 12.5. The monoisotopic (exact) mass is 238 g/mol. The molecule has 0 aliphatic heterocycles. The predicted octanol–water partition coefficient (Wildman–Crippen LogP) is 3.57. The van der Waals surface area contributed by atoms with Crippen molar-refractivity contribution in [2.75, 3.05) is 5.32 Å². The first-order valence-electron chi connectivity index (χ1n) is 6.71. The fourth-order valence-corrected chi connectivity index (χ4v) is 3.41. The highest BCUT2D eigenvalue weighted by atomic mass is 14.9. The molecule has 1 aromatic rings. The highest BCUT2D eigenvalue weighted by Gasteiger charge is 2.38. The molecule has 92 valence electrons. The summed E-state index contributed by atoms with van der Waals surface area (Å²) in [6.07, 6.45) is 7.46. The van der Waals surface area contributed by atoms with Crippen molar-refractivity contribution in [3.8, 4) is 6.07 Å². The summed E-state index contributed by atoms with van der Waals surface area (Å²) in [6.45, 7) is 2.28. The Labute approximate surface area is 108 Å². The van der Waals surface area contributed by atoms with Crippen LogP contribution in [0.1, 0.15) is 25.3 Å². The molecule has 2 aliphatic carbocycles. The Kier molecular flexibility index (Phi) is 2.83. The van der Waals surface area contributed by atoms with Gasteiger partial charge in [-0.05, 0) is 61.8 Å². The van der Waals surface area contributed by atoms with Crippen LogP contribution in [0.25, 0.3) is 0 Å². The Morgan fingerprint density at radius 3 is 2.56 bits per heavy atom. The van der Waals surface area contributed by atoms with E-state index in [1.54, 1.807) is 0 Å². The lowest BCUT2D eigenvalue weighted by Crippen LogP contribution is -2.28. The molecule has 1 saturated carbocycles. The summed E-state index contributed by atoms with van der Waals surface area (Å²) in [6, 6.07) is 10.4. The summed E-state index contributed by atoms with van der Waals surface area (Å²) < 4.78 is 0. The summed E-state index contributed by atoms with van der Waals surface area (Å²) in [7, 11) is 0. The Morgan fingerprint density at radius 1 is 1.22 bits per heavy atom. The summed E-state index contributed by atoms with van der Waals surface area (Å²) in [5.41, 5.74) is 1.84. The number of fused-ring (bicyclic) bond motifs is 2. The van der Waals surface area contributed by atoms with Crippen molar-refractivity contribution in [3.63, 3.8) is 0 Å². The van der Waals surface area contributed by atoms with Crippen LogP contribution >= 0.6 is 0 Å². The standard InChI is InChI=1S/C16H18N2/c1-11(16-9-13-2-5-14(16)8-13)18-15-6-3-12(10-17)4-7-15/h2-7,11,13-14,16,18H,8-9H2,1H3. The smallest absolute Gasteiger partial charge is 0.0991 e. The van der Waals surface area contributed by atoms with E-state index < -0.39 is 0 Å². The zero-order valence-corrected chi connectivity index (χ0v) is 10.6. The van der Waals surface area contributed by atoms with Gasteiger partial charge in [0.25, 0.3) is 0 Å². The SMILES string of the molecule is CC(Nc1ccc(C#N)cc1)C1CC2C=CC1C2. The van der Waals surface area contributed by atoms with Crippen LogP contribution in [0.5, 0.6) is 0 Å². The van der Waals surface area contributed by atoms with E-state index >= 15 is 0 Å². The molecule has 3 rings (SSSR count). The minimum Gasteiger partial charge on any atom is -0.382 e. The topological polar surface area (TPSA) is 35.8 Å². The molecule has 0 saturated heterocycles. The number of hydrogen-bond acceptors (Lipinski definition) is 2. The van der Waals surface area contributed by atoms with E-state index in [1.165, 1.54) is 12.8 Å². The molecule has 2 bridgehead atoms. The van der Waals surface area contributed by atoms with Crippen LogP contribution in [-0.4, -0.2) is 6.04 Å². The number of rotatable bonds is 3. The highest BCUT2D eigenvalue weighted by Crippen LogP contribution is 2.45. The van der Waals surface area contributed by atoms with Crippen molar-refractivity contribution < 1.29 is 0 Å². The average molecular weight is 238 g/mol. The summed E-state index contributed by atoms with van der Waals surface area (Å²) in [5, 5.41) is 12.4. The van der Waals surface area contributed by atoms with Gasteiger partial charge in [0.2, 0.25) is 0 Å². The van der Waals surface area contributed by atoms with E-state index in [0.29, 0.717) is 6.04 Å². The maximum atomic E-state index is 8.78. The molecule has 4 atom stereocenters. The first-order valence-corrected chi connectivity index (χ1v) is 6.71. The molecule has 2 nitrogen and oxygen atoms in total. The number of nitrogens with one attached hydrogen (secondary N) is 1. The third-order valence-electron chi connectivity index (χ3n) is 4.38. The fourth-order valence-electron chi connectivity index (χ4n) is 3.41. The van der Waals surface area contributed by atoms with Crippen LogP contribution in [0, 0.1) is 29.1 Å². The van der Waals surface area contributed by atoms with Crippen LogP contribution in [-0.2, 0) is 0 Å². The first-order chi connectivity index (χ1) is 8.76. The van der Waals surface area contributed by atoms with E-state index in [-0.39, 0.29) is 0 Å². The van der Waals surface area contributed by atoms with Crippen molar-refractivity contribution in [1.29, 1.82) is 5.26 Å². The van der Waals surface area contributed by atoms with Crippen molar-refractivity contribution in [1.82, 2.24) is 0 Å². The Balaban J connectivity index is 1.65. The van der Waals surface area contributed by atoms with Gasteiger partial charge in [0, 0.05) is 11.7 Å². The Hall–Kier alpha value is -1.75. The highest BCUT2D eigenvalue weighted by molar-refractivity contribution is 5.48. The summed E-state index contributed by atoms with van der Waals surface area (Å²) >= 11 is 0. The van der Waals surface area contributed by atoms with Gasteiger partial charge < -0.3 is 5.32 Å². The molecule has 1 N–H and O–H groups in total. The third kappa shape index (κ3) is 2.01. The molecular formula is C16H18N2. The Morgan fingerprint density at radius 2 is 2.00 bits per heavy atom. The molecular weight excluding hydrogens is 220 g/mol. The number of allylic oxidation sites excluding steroid dienone is 2. The largest absolute Gasteiger partial charge is 0.382 e. The lowest BCUT2D eigenvalue weighted by molar-refractivity contribution is 0.400. The summed E-state index contributed by atoms with van der Waals surface area (Å²) in [5.74, 6) is 2.36. The number of anilines is 1. The molecule has 0 aromatic heterocycles. The molecule has 4 unspecified atom stereocenters. The minimum absolute atomic E-state index is 0.498. The summed E-state index contributed by atoms with van der Waals surface area (Å²) in [4.78, 5) is 0. The zero-order valence-electron chi connectivity index (χ0n) is 10.6. The van der Waals surface area contributed by atoms with Gasteiger partial charge in [-0.1, -0.05) is 12.2 Å². The van der Waals surface area contributed by atoms with Crippen molar-refractivity contribution in [2.45, 2.75) is 25.8 Å². The van der Waals surface area contributed by atoms with Crippen LogP contribution < -0.4 is 5.32 Å². The fraction of sp³-hybridized carbons (Fsp3) is 0.438. The maximum Gasteiger partial charge on any atom is 0.0991 e. The van der Waals surface area contributed by atoms with Gasteiger partial charge in [0.15, 0.2) is 0 Å². The second kappa shape index (κ2) is 4.49. The molecule has 0 spiro atoms. The average Bonchev–Trinajstić information content (AvgIpc) is 3.02. The second-order valence-electron chi connectivity index (χ2n) is 5.57. The maximum absolute atomic E-state index is 8.78. The Bertz CT molecular complexity index is 495. The van der Waals surface area contributed by atoms with E-state index in [0.717, 1.165) is 29.0 Å². The number of hydrogen-bond donors (Lipinski definition) is 1. The van der Waals surface area contributed by atoms with Gasteiger partial charge in [-0.25, -0.2) is 0 Å². The minimum atomic E-state index is 0.498. The van der Waals surface area contributed by atoms with E-state index in [2.05, 4.69) is 30.5 Å². The molecule has 2 heteroatoms. The molecule has 1 fully saturated rings. The van der Waals surface area contributed by atoms with Gasteiger partial charge in [-0.15, -0.1) is 0 Å². The van der Waals surface area contributed by atoms with Gasteiger partial charge in [-0.2, -0.15) is 5.26 Å². The van der Waals surface area contributed by atoms with Crippen molar-refractivity contribution in [3.05, 3.63) is 42.0 Å². The van der Waals surface area contributed by atoms with Crippen LogP contribution in [0.3, 0.4) is 0 Å². The molecule has 0 heterocycles. The van der Waals surface area contributed by atoms with E-state index in [4.69, 9.17) is 5.26 Å². The predicted molar refractivity (Wildman–Crippen MR) is 73.1 cm³/mol. The number of nitrogens with zero attached hydrogens (tertiary/aromatic N) is 1. The quantitative estimate of drug-likeness (QED) is 0.817. The molecule has 0 amide bonds. The van der Waals surface area contributed by atoms with Gasteiger partial charge in [-0.3, -0.25) is 0 Å². The van der Waals surface area contributed by atoms with Gasteiger partial charge in [0.05, 0.1) is 11.6 Å². The van der Waals surface area contributed by atoms with Crippen LogP contribution in [0.2, 0.25) is 0 Å². The first kappa shape index (κ1) is 11.3. The van der Waals surface area contributed by atoms with E-state index in [9.17, 15) is 0 Å². The van der Waals surface area contributed by atoms with Crippen molar-refractivity contribution >= 4 is 5.69 Å². The lowest BCUT2D eigenvalue weighted by atomic mass is 9.87. The number of nitriles is 1. The van der Waals surface area contributed by atoms with Crippen molar-refractivity contribution in [2.24, 2.45) is 17.8 Å². The van der Waals surface area contributed by atoms with Crippen LogP contribution in [0.4, 0.5) is 5.69 Å². The van der Waals surface area contributed by atoms with E-state index in [1.807, 2.05) is 24.3 Å². The molecule has 0 radical (unpaired) electrons. The lowest BCUT2D eigenvalue weighted by Gasteiger charge is -2.27. The third-order valence-corrected chi connectivity index (χ3v) is 4.38. The second-order valence-corrected chi connectivity index (χ2v) is 5.57. The number of benzene rings is 1. The molecule has 1 aromatic carbocycles. The molecule has 2 aliphatic rings. The van der Waals surface area contributed by atoms with Crippen LogP contribution in [0.15, 0.2) is 36.4 Å². The van der Waals surface area contributed by atoms with Gasteiger partial charge >= 0.3 is 0 Å². The van der Waals surface area contributed by atoms with Gasteiger partial charge in [0.1, 0.15) is 0 Å². The molecule has 18 heavy (non-hydrogen) atoms. The normalized spacial score (nSPS) is 30.1.